The minimum atomic E-state index is -1.68. The molecule has 0 bridgehead atoms. The molecule has 1 saturated heterocycles. The first-order valence-electron chi connectivity index (χ1n) is 21.0. The third-order valence-electron chi connectivity index (χ3n) is 9.11. The highest BCUT2D eigenvalue weighted by Gasteiger charge is 2.44. The summed E-state index contributed by atoms with van der Waals surface area (Å²) in [5, 5.41) is 40.3. The zero-order valence-electron chi connectivity index (χ0n) is 33.9. The molecule has 0 radical (unpaired) electrons. The molecule has 1 heterocycles. The fourth-order valence-electron chi connectivity index (χ4n) is 5.88. The molecule has 0 saturated carbocycles. The zero-order chi connectivity index (χ0) is 40.2. The fourth-order valence-corrected chi connectivity index (χ4v) is 5.88. The number of allylic oxidation sites excluding steroid dienone is 12. The molecule has 0 aliphatic carbocycles. The Bertz CT molecular complexity index is 1130. The van der Waals surface area contributed by atoms with Crippen LogP contribution in [0.2, 0.25) is 0 Å². The average Bonchev–Trinajstić information content (AvgIpc) is 3.18. The fraction of sp³-hybridized carbons (Fsp3) is 0.689. The van der Waals surface area contributed by atoms with Crippen molar-refractivity contribution < 1.29 is 49.0 Å². The number of aliphatic hydroxyl groups excluding tert-OH is 4. The predicted molar refractivity (Wildman–Crippen MR) is 219 cm³/mol. The summed E-state index contributed by atoms with van der Waals surface area (Å²) >= 11 is 0. The van der Waals surface area contributed by atoms with Gasteiger partial charge in [0.1, 0.15) is 31.0 Å². The minimum absolute atomic E-state index is 0.196. The molecule has 0 amide bonds. The van der Waals surface area contributed by atoms with E-state index >= 15 is 0 Å². The van der Waals surface area contributed by atoms with Crippen molar-refractivity contribution in [3.05, 3.63) is 72.9 Å². The molecule has 0 aromatic rings. The maximum absolute atomic E-state index is 12.8. The third kappa shape index (κ3) is 27.4. The molecule has 1 fully saturated rings. The Morgan fingerprint density at radius 1 is 0.582 bits per heavy atom. The van der Waals surface area contributed by atoms with E-state index in [1.165, 1.54) is 0 Å². The van der Waals surface area contributed by atoms with Crippen LogP contribution in [0.25, 0.3) is 0 Å². The van der Waals surface area contributed by atoms with Crippen LogP contribution in [0.5, 0.6) is 0 Å². The third-order valence-corrected chi connectivity index (χ3v) is 9.11. The van der Waals surface area contributed by atoms with E-state index in [1.807, 2.05) is 0 Å². The zero-order valence-corrected chi connectivity index (χ0v) is 33.9. The predicted octanol–water partition coefficient (Wildman–Crippen LogP) is 8.44. The Balaban J connectivity index is 2.40. The van der Waals surface area contributed by atoms with Gasteiger partial charge in [-0.3, -0.25) is 9.59 Å². The molecule has 1 aliphatic heterocycles. The summed E-state index contributed by atoms with van der Waals surface area (Å²) in [6.45, 7) is 3.11. The van der Waals surface area contributed by atoms with Gasteiger partial charge in [-0.1, -0.05) is 125 Å². The molecular formula is C45H74O10. The van der Waals surface area contributed by atoms with E-state index in [9.17, 15) is 30.0 Å². The number of carbonyl (C=O) groups is 2. The van der Waals surface area contributed by atoms with Crippen molar-refractivity contribution in [2.24, 2.45) is 0 Å². The molecule has 10 nitrogen and oxygen atoms in total. The van der Waals surface area contributed by atoms with E-state index in [4.69, 9.17) is 18.9 Å². The van der Waals surface area contributed by atoms with Crippen LogP contribution >= 0.6 is 0 Å². The van der Waals surface area contributed by atoms with Gasteiger partial charge in [-0.15, -0.1) is 0 Å². The lowest BCUT2D eigenvalue weighted by Gasteiger charge is -2.40. The Morgan fingerprint density at radius 3 is 1.55 bits per heavy atom. The summed E-state index contributed by atoms with van der Waals surface area (Å²) < 4.78 is 21.8. The van der Waals surface area contributed by atoms with Gasteiger partial charge >= 0.3 is 11.9 Å². The van der Waals surface area contributed by atoms with Crippen LogP contribution in [-0.2, 0) is 28.5 Å². The Morgan fingerprint density at radius 2 is 1.04 bits per heavy atom. The maximum atomic E-state index is 12.8. The Kier molecular flexibility index (Phi) is 32.4. The van der Waals surface area contributed by atoms with E-state index in [2.05, 4.69) is 86.8 Å². The summed E-state index contributed by atoms with van der Waals surface area (Å²) in [5.41, 5.74) is 0. The van der Waals surface area contributed by atoms with Gasteiger partial charge in [0.2, 0.25) is 0 Å². The first kappa shape index (κ1) is 50.2. The number of carbonyl (C=O) groups excluding carboxylic acids is 2. The first-order chi connectivity index (χ1) is 26.8. The molecule has 4 N–H and O–H groups in total. The lowest BCUT2D eigenvalue weighted by atomic mass is 9.99. The minimum Gasteiger partial charge on any atom is -0.462 e. The van der Waals surface area contributed by atoms with Gasteiger partial charge in [-0.2, -0.15) is 0 Å². The highest BCUT2D eigenvalue weighted by Crippen LogP contribution is 2.23. The van der Waals surface area contributed by atoms with Crippen LogP contribution in [0.3, 0.4) is 0 Å². The topological polar surface area (TPSA) is 152 Å². The van der Waals surface area contributed by atoms with Crippen LogP contribution in [0.4, 0.5) is 0 Å². The molecule has 0 spiro atoms. The van der Waals surface area contributed by atoms with Crippen molar-refractivity contribution in [2.75, 3.05) is 19.8 Å². The second-order valence-electron chi connectivity index (χ2n) is 14.0. The van der Waals surface area contributed by atoms with Crippen molar-refractivity contribution in [1.29, 1.82) is 0 Å². The van der Waals surface area contributed by atoms with Crippen molar-refractivity contribution in [2.45, 2.75) is 179 Å². The second kappa shape index (κ2) is 35.5. The number of ether oxygens (including phenoxy) is 4. The number of unbranched alkanes of at least 4 members (excludes halogenated alkanes) is 10. The van der Waals surface area contributed by atoms with Crippen LogP contribution < -0.4 is 0 Å². The largest absolute Gasteiger partial charge is 0.462 e. The van der Waals surface area contributed by atoms with E-state index in [0.717, 1.165) is 103 Å². The van der Waals surface area contributed by atoms with Crippen LogP contribution in [0.1, 0.15) is 142 Å². The van der Waals surface area contributed by atoms with E-state index in [-0.39, 0.29) is 26.1 Å². The quantitative estimate of drug-likeness (QED) is 0.0291. The standard InChI is InChI=1S/C45H74O10/c1-3-5-7-9-11-13-15-17-19-21-23-25-27-29-31-33-40(47)52-36-38(37-53-44-42(49)39(35-46)55-45(51)43(44)50)54-41(48)34-32-30-28-26-24-22-20-18-16-14-12-10-8-6-4-2/h5-8,11-14,17-20,38-39,42-46,49-51H,3-4,9-10,15-16,21-37H2,1-2H3/b7-5-,8-6-,13-11-,14-12-,19-17-,20-18-/t38-,39-,42+,43-,44+,45-/m1/s1. The van der Waals surface area contributed by atoms with Gasteiger partial charge in [0.25, 0.3) is 0 Å². The number of rotatable bonds is 33. The molecule has 1 aliphatic rings. The number of esters is 2. The first-order valence-corrected chi connectivity index (χ1v) is 21.0. The van der Waals surface area contributed by atoms with Crippen molar-refractivity contribution in [3.63, 3.8) is 0 Å². The molecular weight excluding hydrogens is 700 g/mol. The molecule has 10 heteroatoms. The molecule has 1 rings (SSSR count). The van der Waals surface area contributed by atoms with Gasteiger partial charge in [0.15, 0.2) is 12.4 Å². The highest BCUT2D eigenvalue weighted by molar-refractivity contribution is 5.70. The van der Waals surface area contributed by atoms with E-state index < -0.39 is 55.4 Å². The van der Waals surface area contributed by atoms with Gasteiger partial charge in [0, 0.05) is 12.8 Å². The van der Waals surface area contributed by atoms with Crippen molar-refractivity contribution in [3.8, 4) is 0 Å². The van der Waals surface area contributed by atoms with Crippen LogP contribution in [-0.4, -0.2) is 89.0 Å². The highest BCUT2D eigenvalue weighted by atomic mass is 16.7. The van der Waals surface area contributed by atoms with Gasteiger partial charge in [-0.25, -0.2) is 0 Å². The molecule has 0 unspecified atom stereocenters. The molecule has 55 heavy (non-hydrogen) atoms. The van der Waals surface area contributed by atoms with Crippen LogP contribution in [0, 0.1) is 0 Å². The number of hydrogen-bond acceptors (Lipinski definition) is 10. The van der Waals surface area contributed by atoms with Gasteiger partial charge in [-0.05, 0) is 77.0 Å². The maximum Gasteiger partial charge on any atom is 0.306 e. The number of hydrogen-bond donors (Lipinski definition) is 4. The molecule has 0 aromatic carbocycles. The normalized spacial score (nSPS) is 21.3. The summed E-state index contributed by atoms with van der Waals surface area (Å²) in [6, 6.07) is 0. The summed E-state index contributed by atoms with van der Waals surface area (Å²) in [7, 11) is 0. The van der Waals surface area contributed by atoms with E-state index in [0.29, 0.717) is 12.8 Å². The van der Waals surface area contributed by atoms with Crippen LogP contribution in [0.15, 0.2) is 72.9 Å². The molecule has 6 atom stereocenters. The molecule has 314 valence electrons. The van der Waals surface area contributed by atoms with Crippen molar-refractivity contribution in [1.82, 2.24) is 0 Å². The van der Waals surface area contributed by atoms with Gasteiger partial charge in [0.05, 0.1) is 13.2 Å². The number of aliphatic hydroxyl groups is 4. The molecule has 0 aromatic heterocycles. The lowest BCUT2D eigenvalue weighted by Crippen LogP contribution is -2.59. The second-order valence-corrected chi connectivity index (χ2v) is 14.0. The SMILES string of the molecule is CC/C=C\C/C=C\C/C=C\CCCCCCCC(=O)OC[C@H](CO[C@@H]1[C@@H](O)[C@H](O)O[C@H](CO)[C@@H]1O)OC(=O)CCCCCCC/C=C\C/C=C\C/C=C\CC. The Labute approximate surface area is 332 Å². The van der Waals surface area contributed by atoms with Crippen molar-refractivity contribution >= 4 is 11.9 Å². The monoisotopic (exact) mass is 775 g/mol. The Hall–Kier alpha value is -2.86. The van der Waals surface area contributed by atoms with E-state index in [1.54, 1.807) is 0 Å². The summed E-state index contributed by atoms with van der Waals surface area (Å²) in [4.78, 5) is 25.3. The average molecular weight is 775 g/mol. The smallest absolute Gasteiger partial charge is 0.306 e. The summed E-state index contributed by atoms with van der Waals surface area (Å²) in [6.07, 6.45) is 36.2. The summed E-state index contributed by atoms with van der Waals surface area (Å²) in [5.74, 6) is -0.867. The van der Waals surface area contributed by atoms with Gasteiger partial charge < -0.3 is 39.4 Å². The lowest BCUT2D eigenvalue weighted by molar-refractivity contribution is -0.296.